The van der Waals surface area contributed by atoms with Gasteiger partial charge in [0.1, 0.15) is 5.75 Å². The van der Waals surface area contributed by atoms with Crippen molar-refractivity contribution >= 4 is 58.3 Å². The number of nitrogens with zero attached hydrogens (tertiary/aromatic N) is 2. The maximum Gasteiger partial charge on any atom is 0.316 e. The lowest BCUT2D eigenvalue weighted by molar-refractivity contribution is -0.139. The predicted octanol–water partition coefficient (Wildman–Crippen LogP) is 4.63. The lowest BCUT2D eigenvalue weighted by Gasteiger charge is -2.19. The monoisotopic (exact) mass is 500 g/mol. The summed E-state index contributed by atoms with van der Waals surface area (Å²) in [5.74, 6) is -2.20. The van der Waals surface area contributed by atoms with Crippen molar-refractivity contribution < 1.29 is 23.9 Å². The Morgan fingerprint density at radius 1 is 0.941 bits per heavy atom. The third kappa shape index (κ3) is 4.07. The van der Waals surface area contributed by atoms with Crippen LogP contribution in [-0.2, 0) is 19.2 Å². The smallest absolute Gasteiger partial charge is 0.316 e. The van der Waals surface area contributed by atoms with Crippen LogP contribution in [0, 0.1) is 17.8 Å². The van der Waals surface area contributed by atoms with Crippen LogP contribution in [-0.4, -0.2) is 30.2 Å². The molecular formula is C25H22Cl2N2O5. The fraction of sp³-hybridized carbons (Fsp3) is 0.360. The summed E-state index contributed by atoms with van der Waals surface area (Å²) in [6.07, 6.45) is 3.33. The number of anilines is 2. The molecular weight excluding hydrogens is 479 g/mol. The first kappa shape index (κ1) is 22.9. The van der Waals surface area contributed by atoms with E-state index in [4.69, 9.17) is 27.9 Å². The second kappa shape index (κ2) is 9.04. The van der Waals surface area contributed by atoms with Gasteiger partial charge in [-0.25, -0.2) is 4.90 Å². The standard InChI is InChI=1S/C25H22Cl2N2O5/c26-15-8-9-20(27)21(11-15)28-13-14(10-22(28)30)25(33)34-17-5-3-4-16(12-17)29-23(31)18-6-1-2-7-19(18)24(29)32/h3-5,8-9,11-12,14,18-19H,1-2,6-7,10,13H2/t14-,18-,19+/m0/s1. The van der Waals surface area contributed by atoms with Crippen LogP contribution < -0.4 is 14.5 Å². The molecule has 34 heavy (non-hydrogen) atoms. The highest BCUT2D eigenvalue weighted by atomic mass is 35.5. The van der Waals surface area contributed by atoms with Crippen molar-refractivity contribution in [1.29, 1.82) is 0 Å². The van der Waals surface area contributed by atoms with Crippen molar-refractivity contribution in [1.82, 2.24) is 0 Å². The largest absolute Gasteiger partial charge is 0.426 e. The van der Waals surface area contributed by atoms with E-state index >= 15 is 0 Å². The molecule has 2 heterocycles. The molecule has 2 aromatic carbocycles. The maximum atomic E-state index is 12.9. The number of carbonyl (C=O) groups excluding carboxylic acids is 4. The van der Waals surface area contributed by atoms with Crippen LogP contribution in [0.3, 0.4) is 0 Å². The number of rotatable bonds is 4. The molecule has 2 saturated heterocycles. The summed E-state index contributed by atoms with van der Waals surface area (Å²) in [5, 5.41) is 0.792. The van der Waals surface area contributed by atoms with Gasteiger partial charge < -0.3 is 9.64 Å². The number of amides is 3. The molecule has 0 radical (unpaired) electrons. The van der Waals surface area contributed by atoms with Gasteiger partial charge in [-0.05, 0) is 43.2 Å². The molecule has 1 saturated carbocycles. The number of benzene rings is 2. The second-order valence-electron chi connectivity index (χ2n) is 8.93. The van der Waals surface area contributed by atoms with E-state index in [2.05, 4.69) is 0 Å². The normalized spacial score (nSPS) is 24.5. The highest BCUT2D eigenvalue weighted by Crippen LogP contribution is 2.41. The van der Waals surface area contributed by atoms with Crippen LogP contribution >= 0.6 is 23.2 Å². The van der Waals surface area contributed by atoms with Gasteiger partial charge in [-0.15, -0.1) is 0 Å². The SMILES string of the molecule is O=C(Oc1cccc(N2C(=O)[C@H]3CCCC[C@H]3C2=O)c1)[C@H]1CC(=O)N(c2cc(Cl)ccc2Cl)C1. The van der Waals surface area contributed by atoms with E-state index in [-0.39, 0.29) is 48.3 Å². The zero-order valence-corrected chi connectivity index (χ0v) is 19.7. The Kier molecular flexibility index (Phi) is 6.08. The van der Waals surface area contributed by atoms with Gasteiger partial charge in [-0.2, -0.15) is 0 Å². The van der Waals surface area contributed by atoms with E-state index in [1.54, 1.807) is 36.4 Å². The zero-order valence-electron chi connectivity index (χ0n) is 18.2. The predicted molar refractivity (Wildman–Crippen MR) is 127 cm³/mol. The number of hydrogen-bond donors (Lipinski definition) is 0. The molecule has 0 spiro atoms. The highest BCUT2D eigenvalue weighted by molar-refractivity contribution is 6.36. The molecule has 2 aromatic rings. The minimum atomic E-state index is -0.691. The number of hydrogen-bond acceptors (Lipinski definition) is 5. The molecule has 0 aromatic heterocycles. The first-order valence-corrected chi connectivity index (χ1v) is 12.0. The molecule has 0 N–H and O–H groups in total. The van der Waals surface area contributed by atoms with E-state index < -0.39 is 11.9 Å². The zero-order chi connectivity index (χ0) is 24.0. The topological polar surface area (TPSA) is 84.0 Å². The molecule has 1 aliphatic carbocycles. The first-order valence-electron chi connectivity index (χ1n) is 11.3. The molecule has 3 amide bonds. The number of ether oxygens (including phenoxy) is 1. The fourth-order valence-electron chi connectivity index (χ4n) is 5.09. The molecule has 0 bridgehead atoms. The van der Waals surface area contributed by atoms with E-state index in [0.717, 1.165) is 25.7 Å². The molecule has 3 atom stereocenters. The molecule has 3 aliphatic rings. The van der Waals surface area contributed by atoms with E-state index in [9.17, 15) is 19.2 Å². The van der Waals surface area contributed by atoms with Crippen LogP contribution in [0.4, 0.5) is 11.4 Å². The Morgan fingerprint density at radius 3 is 2.35 bits per heavy atom. The number of carbonyl (C=O) groups is 4. The lowest BCUT2D eigenvalue weighted by atomic mass is 9.81. The van der Waals surface area contributed by atoms with E-state index in [1.165, 1.54) is 15.9 Å². The molecule has 0 unspecified atom stereocenters. The van der Waals surface area contributed by atoms with Gasteiger partial charge in [0, 0.05) is 24.1 Å². The Morgan fingerprint density at radius 2 is 1.65 bits per heavy atom. The van der Waals surface area contributed by atoms with Crippen molar-refractivity contribution in [2.45, 2.75) is 32.1 Å². The number of imide groups is 1. The maximum absolute atomic E-state index is 12.9. The summed E-state index contributed by atoms with van der Waals surface area (Å²) in [6.45, 7) is 0.115. The van der Waals surface area contributed by atoms with Crippen molar-refractivity contribution in [2.75, 3.05) is 16.3 Å². The van der Waals surface area contributed by atoms with Gasteiger partial charge in [0.2, 0.25) is 17.7 Å². The minimum Gasteiger partial charge on any atom is -0.426 e. The van der Waals surface area contributed by atoms with Gasteiger partial charge >= 0.3 is 5.97 Å². The Balaban J connectivity index is 1.30. The van der Waals surface area contributed by atoms with Crippen LogP contribution in [0.2, 0.25) is 10.0 Å². The number of halogens is 2. The summed E-state index contributed by atoms with van der Waals surface area (Å²) in [5.41, 5.74) is 0.841. The fourth-order valence-corrected chi connectivity index (χ4v) is 5.48. The second-order valence-corrected chi connectivity index (χ2v) is 9.77. The average molecular weight is 501 g/mol. The van der Waals surface area contributed by atoms with Gasteiger partial charge in [-0.1, -0.05) is 42.1 Å². The summed E-state index contributed by atoms with van der Waals surface area (Å²) in [4.78, 5) is 53.8. The average Bonchev–Trinajstić information content (AvgIpc) is 3.33. The lowest BCUT2D eigenvalue weighted by Crippen LogP contribution is -2.31. The Bertz CT molecular complexity index is 1180. The van der Waals surface area contributed by atoms with Gasteiger partial charge in [0.15, 0.2) is 0 Å². The quantitative estimate of drug-likeness (QED) is 0.347. The number of fused-ring (bicyclic) bond motifs is 1. The van der Waals surface area contributed by atoms with Crippen LogP contribution in [0.25, 0.3) is 0 Å². The Hall–Kier alpha value is -2.90. The molecule has 5 rings (SSSR count). The van der Waals surface area contributed by atoms with Crippen LogP contribution in [0.5, 0.6) is 5.75 Å². The van der Waals surface area contributed by atoms with Gasteiger partial charge in [0.25, 0.3) is 0 Å². The summed E-state index contributed by atoms with van der Waals surface area (Å²) in [7, 11) is 0. The van der Waals surface area contributed by atoms with Crippen LogP contribution in [0.1, 0.15) is 32.1 Å². The van der Waals surface area contributed by atoms with E-state index in [0.29, 0.717) is 21.4 Å². The molecule has 2 aliphatic heterocycles. The molecule has 3 fully saturated rings. The van der Waals surface area contributed by atoms with Crippen molar-refractivity contribution in [3.8, 4) is 5.75 Å². The molecule has 176 valence electrons. The Labute approximate surface area is 206 Å². The van der Waals surface area contributed by atoms with Gasteiger partial charge in [-0.3, -0.25) is 19.2 Å². The summed E-state index contributed by atoms with van der Waals surface area (Å²) < 4.78 is 5.55. The van der Waals surface area contributed by atoms with Crippen molar-refractivity contribution in [3.05, 3.63) is 52.5 Å². The summed E-state index contributed by atoms with van der Waals surface area (Å²) >= 11 is 12.3. The van der Waals surface area contributed by atoms with Crippen LogP contribution in [0.15, 0.2) is 42.5 Å². The van der Waals surface area contributed by atoms with Crippen molar-refractivity contribution in [3.63, 3.8) is 0 Å². The molecule has 7 nitrogen and oxygen atoms in total. The highest BCUT2D eigenvalue weighted by Gasteiger charge is 2.48. The first-order chi connectivity index (χ1) is 16.3. The van der Waals surface area contributed by atoms with Crippen molar-refractivity contribution in [2.24, 2.45) is 17.8 Å². The minimum absolute atomic E-state index is 0.0200. The summed E-state index contributed by atoms with van der Waals surface area (Å²) in [6, 6.07) is 11.2. The van der Waals surface area contributed by atoms with Gasteiger partial charge in [0.05, 0.1) is 34.2 Å². The third-order valence-corrected chi connectivity index (χ3v) is 7.35. The number of esters is 1. The third-order valence-electron chi connectivity index (χ3n) is 6.79. The molecule has 9 heteroatoms. The van der Waals surface area contributed by atoms with E-state index in [1.807, 2.05) is 0 Å².